The van der Waals surface area contributed by atoms with Crippen LogP contribution in [0.15, 0.2) is 12.1 Å². The molecule has 2 rings (SSSR count). The van der Waals surface area contributed by atoms with Crippen LogP contribution in [0, 0.1) is 23.4 Å². The first-order valence-electron chi connectivity index (χ1n) is 6.01. The van der Waals surface area contributed by atoms with E-state index >= 15 is 0 Å². The average Bonchev–Trinajstić information content (AvgIpc) is 2.73. The van der Waals surface area contributed by atoms with Crippen LogP contribution in [-0.2, 0) is 0 Å². The molecule has 94 valence electrons. The Hall–Kier alpha value is -1.19. The summed E-state index contributed by atoms with van der Waals surface area (Å²) in [7, 11) is 0. The van der Waals surface area contributed by atoms with Crippen LogP contribution in [0.2, 0.25) is 0 Å². The predicted octanol–water partition coefficient (Wildman–Crippen LogP) is 4.09. The van der Waals surface area contributed by atoms with Crippen molar-refractivity contribution in [2.45, 2.75) is 38.6 Å². The summed E-state index contributed by atoms with van der Waals surface area (Å²) < 4.78 is 39.1. The van der Waals surface area contributed by atoms with Crippen molar-refractivity contribution in [3.05, 3.63) is 29.6 Å². The maximum atomic E-state index is 13.4. The molecule has 0 heterocycles. The number of anilines is 1. The van der Waals surface area contributed by atoms with E-state index in [1.54, 1.807) is 0 Å². The zero-order valence-corrected chi connectivity index (χ0v) is 9.77. The standard InChI is InChI=1S/C13H16F3N/c1-2-8-3-4-9(5-8)17-13-7-11(15)10(14)6-12(13)16/h6-9,17H,2-5H2,1H3. The summed E-state index contributed by atoms with van der Waals surface area (Å²) >= 11 is 0. The largest absolute Gasteiger partial charge is 0.380 e. The summed E-state index contributed by atoms with van der Waals surface area (Å²) in [5.41, 5.74) is 0.0608. The zero-order valence-electron chi connectivity index (χ0n) is 9.77. The molecule has 0 saturated heterocycles. The van der Waals surface area contributed by atoms with E-state index in [0.29, 0.717) is 12.0 Å². The van der Waals surface area contributed by atoms with Gasteiger partial charge in [-0.25, -0.2) is 13.2 Å². The van der Waals surface area contributed by atoms with Gasteiger partial charge in [0.05, 0.1) is 5.69 Å². The lowest BCUT2D eigenvalue weighted by Crippen LogP contribution is -2.16. The number of nitrogens with one attached hydrogen (secondary N) is 1. The van der Waals surface area contributed by atoms with E-state index in [1.165, 1.54) is 0 Å². The number of rotatable bonds is 3. The van der Waals surface area contributed by atoms with Crippen molar-refractivity contribution >= 4 is 5.69 Å². The zero-order chi connectivity index (χ0) is 12.4. The van der Waals surface area contributed by atoms with Gasteiger partial charge in [0, 0.05) is 18.2 Å². The van der Waals surface area contributed by atoms with Gasteiger partial charge in [-0.3, -0.25) is 0 Å². The Balaban J connectivity index is 2.06. The quantitative estimate of drug-likeness (QED) is 0.788. The molecule has 1 aromatic rings. The third-order valence-electron chi connectivity index (χ3n) is 3.49. The number of benzene rings is 1. The molecule has 0 bridgehead atoms. The van der Waals surface area contributed by atoms with Crippen molar-refractivity contribution in [3.63, 3.8) is 0 Å². The fourth-order valence-corrected chi connectivity index (χ4v) is 2.43. The van der Waals surface area contributed by atoms with Crippen molar-refractivity contribution < 1.29 is 13.2 Å². The monoisotopic (exact) mass is 243 g/mol. The van der Waals surface area contributed by atoms with Gasteiger partial charge in [-0.05, 0) is 25.2 Å². The molecule has 0 aliphatic heterocycles. The fourth-order valence-electron chi connectivity index (χ4n) is 2.43. The minimum atomic E-state index is -1.15. The number of halogens is 3. The second-order valence-electron chi connectivity index (χ2n) is 4.67. The number of hydrogen-bond acceptors (Lipinski definition) is 1. The van der Waals surface area contributed by atoms with E-state index in [-0.39, 0.29) is 11.7 Å². The van der Waals surface area contributed by atoms with Gasteiger partial charge in [0.25, 0.3) is 0 Å². The normalized spacial score (nSPS) is 24.0. The molecule has 1 aliphatic carbocycles. The van der Waals surface area contributed by atoms with Crippen molar-refractivity contribution in [2.75, 3.05) is 5.32 Å². The van der Waals surface area contributed by atoms with Crippen LogP contribution in [0.4, 0.5) is 18.9 Å². The minimum absolute atomic E-state index is 0.0608. The van der Waals surface area contributed by atoms with Crippen molar-refractivity contribution in [1.82, 2.24) is 0 Å². The van der Waals surface area contributed by atoms with Crippen LogP contribution in [0.3, 0.4) is 0 Å². The lowest BCUT2D eigenvalue weighted by molar-refractivity contribution is 0.494. The van der Waals surface area contributed by atoms with Gasteiger partial charge < -0.3 is 5.32 Å². The highest BCUT2D eigenvalue weighted by Crippen LogP contribution is 2.31. The van der Waals surface area contributed by atoms with Crippen LogP contribution < -0.4 is 5.32 Å². The summed E-state index contributed by atoms with van der Waals surface area (Å²) in [6, 6.07) is 1.65. The highest BCUT2D eigenvalue weighted by molar-refractivity contribution is 5.46. The van der Waals surface area contributed by atoms with Gasteiger partial charge >= 0.3 is 0 Å². The molecule has 0 aromatic heterocycles. The third-order valence-corrected chi connectivity index (χ3v) is 3.49. The highest BCUT2D eigenvalue weighted by Gasteiger charge is 2.24. The molecular formula is C13H16F3N. The van der Waals surface area contributed by atoms with E-state index in [9.17, 15) is 13.2 Å². The van der Waals surface area contributed by atoms with Crippen LogP contribution in [0.25, 0.3) is 0 Å². The van der Waals surface area contributed by atoms with Gasteiger partial charge in [-0.15, -0.1) is 0 Å². The molecule has 2 atom stereocenters. The first-order valence-corrected chi connectivity index (χ1v) is 6.01. The summed E-state index contributed by atoms with van der Waals surface area (Å²) in [5.74, 6) is -2.24. The van der Waals surface area contributed by atoms with Gasteiger partial charge in [-0.2, -0.15) is 0 Å². The van der Waals surface area contributed by atoms with Crippen molar-refractivity contribution in [1.29, 1.82) is 0 Å². The summed E-state index contributed by atoms with van der Waals surface area (Å²) in [4.78, 5) is 0. The van der Waals surface area contributed by atoms with Gasteiger partial charge in [0.2, 0.25) is 0 Å². The van der Waals surface area contributed by atoms with Crippen molar-refractivity contribution in [3.8, 4) is 0 Å². The van der Waals surface area contributed by atoms with E-state index < -0.39 is 17.5 Å². The van der Waals surface area contributed by atoms with E-state index in [4.69, 9.17) is 0 Å². The Morgan fingerprint density at radius 3 is 2.47 bits per heavy atom. The molecule has 0 spiro atoms. The minimum Gasteiger partial charge on any atom is -0.380 e. The van der Waals surface area contributed by atoms with Crippen LogP contribution in [-0.4, -0.2) is 6.04 Å². The fraction of sp³-hybridized carbons (Fsp3) is 0.538. The van der Waals surface area contributed by atoms with Gasteiger partial charge in [0.15, 0.2) is 11.6 Å². The second kappa shape index (κ2) is 4.98. The molecule has 0 amide bonds. The molecular weight excluding hydrogens is 227 g/mol. The molecule has 4 heteroatoms. The number of hydrogen-bond donors (Lipinski definition) is 1. The average molecular weight is 243 g/mol. The first kappa shape index (κ1) is 12.3. The van der Waals surface area contributed by atoms with E-state index in [0.717, 1.165) is 31.7 Å². The molecule has 1 saturated carbocycles. The highest BCUT2D eigenvalue weighted by atomic mass is 19.2. The molecule has 1 N–H and O–H groups in total. The van der Waals surface area contributed by atoms with Crippen LogP contribution in [0.5, 0.6) is 0 Å². The van der Waals surface area contributed by atoms with Gasteiger partial charge in [-0.1, -0.05) is 13.3 Å². The predicted molar refractivity (Wildman–Crippen MR) is 61.4 cm³/mol. The lowest BCUT2D eigenvalue weighted by Gasteiger charge is -2.15. The molecule has 1 aromatic carbocycles. The first-order chi connectivity index (χ1) is 8.10. The maximum Gasteiger partial charge on any atom is 0.161 e. The Bertz CT molecular complexity index is 406. The Kier molecular flexibility index (Phi) is 3.60. The molecule has 2 unspecified atom stereocenters. The maximum absolute atomic E-state index is 13.4. The summed E-state index contributed by atoms with van der Waals surface area (Å²) in [6.45, 7) is 2.13. The Labute approximate surface area is 99.0 Å². The second-order valence-corrected chi connectivity index (χ2v) is 4.67. The van der Waals surface area contributed by atoms with Crippen molar-refractivity contribution in [2.24, 2.45) is 5.92 Å². The Morgan fingerprint density at radius 1 is 1.12 bits per heavy atom. The third kappa shape index (κ3) is 2.73. The summed E-state index contributed by atoms with van der Waals surface area (Å²) in [6.07, 6.45) is 4.14. The Morgan fingerprint density at radius 2 is 1.82 bits per heavy atom. The lowest BCUT2D eigenvalue weighted by atomic mass is 10.1. The smallest absolute Gasteiger partial charge is 0.161 e. The van der Waals surface area contributed by atoms with E-state index in [1.807, 2.05) is 0 Å². The van der Waals surface area contributed by atoms with Crippen LogP contribution in [0.1, 0.15) is 32.6 Å². The molecule has 1 aliphatic rings. The molecule has 1 fully saturated rings. The molecule has 1 nitrogen and oxygen atoms in total. The van der Waals surface area contributed by atoms with Gasteiger partial charge in [0.1, 0.15) is 5.82 Å². The van der Waals surface area contributed by atoms with Crippen LogP contribution >= 0.6 is 0 Å². The summed E-state index contributed by atoms with van der Waals surface area (Å²) in [5, 5.41) is 2.96. The molecule has 17 heavy (non-hydrogen) atoms. The SMILES string of the molecule is CCC1CCC(Nc2cc(F)c(F)cc2F)C1. The van der Waals surface area contributed by atoms with E-state index in [2.05, 4.69) is 12.2 Å². The molecule has 0 radical (unpaired) electrons. The topological polar surface area (TPSA) is 12.0 Å².